The van der Waals surface area contributed by atoms with E-state index in [0.717, 1.165) is 6.42 Å². The van der Waals surface area contributed by atoms with E-state index in [4.69, 9.17) is 4.74 Å². The monoisotopic (exact) mass is 460 g/mol. The first-order valence-electron chi connectivity index (χ1n) is 9.23. The Morgan fingerprint density at radius 3 is 1.59 bits per heavy atom. The summed E-state index contributed by atoms with van der Waals surface area (Å²) in [6, 6.07) is 32.5. The Hall–Kier alpha value is -2.28. The van der Waals surface area contributed by atoms with E-state index < -0.39 is 18.4 Å². The average Bonchev–Trinajstić information content (AvgIpc) is 2.75. The van der Waals surface area contributed by atoms with Crippen LogP contribution in [0.25, 0.3) is 0 Å². The minimum absolute atomic E-state index is 0.576. The maximum absolute atomic E-state index is 5.52. The molecule has 0 aliphatic carbocycles. The van der Waals surface area contributed by atoms with Crippen molar-refractivity contribution in [1.82, 2.24) is 0 Å². The van der Waals surface area contributed by atoms with E-state index in [2.05, 4.69) is 107 Å². The summed E-state index contributed by atoms with van der Waals surface area (Å²) in [5.41, 5.74) is 0. The predicted octanol–water partition coefficient (Wildman–Crippen LogP) is 3.29. The number of hydrogen-bond donors (Lipinski definition) is 0. The molecule has 1 nitrogen and oxygen atoms in total. The Bertz CT molecular complexity index is 796. The molecule has 0 fully saturated rings. The summed E-state index contributed by atoms with van der Waals surface area (Å²) >= 11 is -3.41. The summed E-state index contributed by atoms with van der Waals surface area (Å²) in [6.45, 7) is 4.90. The molecule has 0 heterocycles. The second kappa shape index (κ2) is 10.2. The van der Waals surface area contributed by atoms with Crippen molar-refractivity contribution in [1.29, 1.82) is 0 Å². The Morgan fingerprint density at radius 1 is 0.741 bits per heavy atom. The van der Waals surface area contributed by atoms with Crippen molar-refractivity contribution in [2.75, 3.05) is 13.2 Å². The van der Waals surface area contributed by atoms with Crippen LogP contribution in [0.3, 0.4) is 0 Å². The molecule has 3 aromatic carbocycles. The van der Waals surface area contributed by atoms with Gasteiger partial charge in [-0.05, 0) is 0 Å². The van der Waals surface area contributed by atoms with Gasteiger partial charge in [0.1, 0.15) is 0 Å². The van der Waals surface area contributed by atoms with Gasteiger partial charge in [0.2, 0.25) is 0 Å². The Labute approximate surface area is 166 Å². The van der Waals surface area contributed by atoms with Crippen molar-refractivity contribution >= 4 is 29.1 Å². The van der Waals surface area contributed by atoms with E-state index in [1.807, 2.05) is 0 Å². The number of benzene rings is 3. The average molecular weight is 459 g/mol. The molecule has 0 aliphatic rings. The fourth-order valence-electron chi connectivity index (χ4n) is 3.27. The van der Waals surface area contributed by atoms with Crippen molar-refractivity contribution in [2.45, 2.75) is 6.42 Å². The van der Waals surface area contributed by atoms with Crippen LogP contribution in [0.2, 0.25) is 0 Å². The SMILES string of the molecule is C=CCOCCC#[C][Sn]([c]1ccccc1)([c]1ccccc1)[c]1ccccc1. The van der Waals surface area contributed by atoms with Gasteiger partial charge in [0.05, 0.1) is 0 Å². The minimum atomic E-state index is -3.41. The first-order valence-corrected chi connectivity index (χ1v) is 14.9. The normalized spacial score (nSPS) is 10.7. The van der Waals surface area contributed by atoms with Gasteiger partial charge >= 0.3 is 167 Å². The zero-order valence-electron chi connectivity index (χ0n) is 15.5. The molecular weight excluding hydrogens is 435 g/mol. The standard InChI is InChI=1S/C7H9O.3C6H5.Sn/c1-3-5-7-8-6-4-2;3*1-2-4-6-5-3-1;/h4H,2,5-7H2;3*1-5H;. The number of rotatable bonds is 7. The van der Waals surface area contributed by atoms with Crippen LogP contribution in [0.1, 0.15) is 6.42 Å². The third-order valence-corrected chi connectivity index (χ3v) is 16.3. The summed E-state index contributed by atoms with van der Waals surface area (Å²) < 4.78 is 13.5. The zero-order valence-corrected chi connectivity index (χ0v) is 18.3. The summed E-state index contributed by atoms with van der Waals surface area (Å²) in [4.78, 5) is 0. The van der Waals surface area contributed by atoms with Crippen LogP contribution in [0.5, 0.6) is 0 Å². The third kappa shape index (κ3) is 4.71. The predicted molar refractivity (Wildman–Crippen MR) is 117 cm³/mol. The van der Waals surface area contributed by atoms with E-state index in [9.17, 15) is 0 Å². The molecule has 2 heteroatoms. The van der Waals surface area contributed by atoms with Gasteiger partial charge in [0.15, 0.2) is 0 Å². The van der Waals surface area contributed by atoms with Crippen LogP contribution in [0.4, 0.5) is 0 Å². The second-order valence-electron chi connectivity index (χ2n) is 6.26. The quantitative estimate of drug-likeness (QED) is 0.228. The molecule has 0 amide bonds. The fraction of sp³-hybridized carbons (Fsp3) is 0.120. The van der Waals surface area contributed by atoms with Gasteiger partial charge in [-0.3, -0.25) is 0 Å². The molecule has 3 aromatic rings. The maximum atomic E-state index is 5.52. The van der Waals surface area contributed by atoms with E-state index in [1.54, 1.807) is 6.08 Å². The van der Waals surface area contributed by atoms with E-state index in [-0.39, 0.29) is 0 Å². The molecule has 0 radical (unpaired) electrons. The van der Waals surface area contributed by atoms with E-state index >= 15 is 0 Å². The molecule has 3 rings (SSSR count). The van der Waals surface area contributed by atoms with Gasteiger partial charge in [-0.15, -0.1) is 0 Å². The molecule has 0 unspecified atom stereocenters. The van der Waals surface area contributed by atoms with Crippen LogP contribution in [0.15, 0.2) is 104 Å². The Kier molecular flexibility index (Phi) is 7.33. The van der Waals surface area contributed by atoms with Crippen LogP contribution in [-0.4, -0.2) is 31.6 Å². The molecule has 0 spiro atoms. The molecule has 0 bridgehead atoms. The Morgan fingerprint density at radius 2 is 1.19 bits per heavy atom. The summed E-state index contributed by atoms with van der Waals surface area (Å²) in [6.07, 6.45) is 2.51. The van der Waals surface area contributed by atoms with E-state index in [1.165, 1.54) is 10.7 Å². The summed E-state index contributed by atoms with van der Waals surface area (Å²) in [7, 11) is 0. The second-order valence-corrected chi connectivity index (χ2v) is 16.2. The van der Waals surface area contributed by atoms with E-state index in [0.29, 0.717) is 13.2 Å². The van der Waals surface area contributed by atoms with Crippen LogP contribution >= 0.6 is 0 Å². The fourth-order valence-corrected chi connectivity index (χ4v) is 14.4. The number of hydrogen-bond acceptors (Lipinski definition) is 1. The van der Waals surface area contributed by atoms with Crippen LogP contribution in [-0.2, 0) is 4.74 Å². The molecule has 27 heavy (non-hydrogen) atoms. The summed E-state index contributed by atoms with van der Waals surface area (Å²) in [5.74, 6) is 3.46. The van der Waals surface area contributed by atoms with Crippen molar-refractivity contribution in [2.24, 2.45) is 0 Å². The first-order chi connectivity index (χ1) is 13.4. The van der Waals surface area contributed by atoms with Crippen molar-refractivity contribution < 1.29 is 4.74 Å². The molecule has 0 N–H and O–H groups in total. The van der Waals surface area contributed by atoms with Crippen molar-refractivity contribution in [3.05, 3.63) is 104 Å². The van der Waals surface area contributed by atoms with Crippen LogP contribution in [0, 0.1) is 9.86 Å². The first kappa shape index (κ1) is 19.5. The molecule has 0 saturated heterocycles. The molecule has 0 atom stereocenters. The summed E-state index contributed by atoms with van der Waals surface area (Å²) in [5, 5.41) is 0. The van der Waals surface area contributed by atoms with Gasteiger partial charge < -0.3 is 0 Å². The van der Waals surface area contributed by atoms with Crippen molar-refractivity contribution in [3.8, 4) is 9.86 Å². The molecule has 0 saturated carbocycles. The van der Waals surface area contributed by atoms with Gasteiger partial charge in [-0.1, -0.05) is 0 Å². The van der Waals surface area contributed by atoms with Gasteiger partial charge in [0, 0.05) is 0 Å². The van der Waals surface area contributed by atoms with Gasteiger partial charge in [-0.2, -0.15) is 0 Å². The Balaban J connectivity index is 2.12. The molecular formula is C25H24OSn. The topological polar surface area (TPSA) is 9.23 Å². The zero-order chi connectivity index (χ0) is 18.8. The molecule has 0 aliphatic heterocycles. The molecule has 0 aromatic heterocycles. The van der Waals surface area contributed by atoms with Crippen LogP contribution < -0.4 is 10.7 Å². The molecule has 134 valence electrons. The number of ether oxygens (including phenoxy) is 1. The van der Waals surface area contributed by atoms with Gasteiger partial charge in [-0.25, -0.2) is 0 Å². The van der Waals surface area contributed by atoms with Crippen molar-refractivity contribution in [3.63, 3.8) is 0 Å². The van der Waals surface area contributed by atoms with Gasteiger partial charge in [0.25, 0.3) is 0 Å². The third-order valence-electron chi connectivity index (χ3n) is 4.50.